The number of ketones is 2. The standard InChI is InChI=1S/C28H28BrFN2O5/c1-25-8-5-17(33)12-16(25)3-4-18-19-13-22-28(20(34)6-9-31,26(19,2)14-21(35)27(18,25)30)37-24(36-22)15-7-10-32-23(29)11-15/h5,7-8,10-12,18-19,21-22,24,35H,3-4,6,13-14H2,1-2H3/t18-,19-,21-,22+,24?,25-,26-,27-,28+/m0/s1. The Morgan fingerprint density at radius 1 is 1.38 bits per heavy atom. The minimum atomic E-state index is -2.02. The molecule has 1 aromatic heterocycles. The van der Waals surface area contributed by atoms with Crippen molar-refractivity contribution in [2.45, 2.75) is 75.7 Å². The number of nitrogens with zero attached hydrogens (tertiary/aromatic N) is 2. The van der Waals surface area contributed by atoms with Crippen molar-refractivity contribution in [2.75, 3.05) is 0 Å². The van der Waals surface area contributed by atoms with Gasteiger partial charge in [0.15, 0.2) is 29.1 Å². The average molecular weight is 571 g/mol. The second kappa shape index (κ2) is 8.12. The quantitative estimate of drug-likeness (QED) is 0.534. The number of alkyl halides is 1. The smallest absolute Gasteiger partial charge is 0.185 e. The van der Waals surface area contributed by atoms with Crippen molar-refractivity contribution in [1.29, 1.82) is 5.26 Å². The van der Waals surface area contributed by atoms with Crippen LogP contribution in [0.5, 0.6) is 0 Å². The lowest BCUT2D eigenvalue weighted by Crippen LogP contribution is -2.69. The number of aromatic nitrogens is 1. The van der Waals surface area contributed by atoms with Crippen LogP contribution in [-0.2, 0) is 19.1 Å². The molecule has 4 fully saturated rings. The average Bonchev–Trinajstić information content (AvgIpc) is 3.35. The zero-order chi connectivity index (χ0) is 26.4. The number of hydrogen-bond donors (Lipinski definition) is 1. The van der Waals surface area contributed by atoms with Crippen LogP contribution in [-0.4, -0.2) is 45.1 Å². The summed E-state index contributed by atoms with van der Waals surface area (Å²) in [7, 11) is 0. The van der Waals surface area contributed by atoms with Crippen LogP contribution in [0.2, 0.25) is 0 Å². The lowest BCUT2D eigenvalue weighted by Gasteiger charge is -2.62. The number of hydrogen-bond acceptors (Lipinski definition) is 7. The molecule has 4 aliphatic carbocycles. The third-order valence-electron chi connectivity index (χ3n) is 10.1. The molecule has 37 heavy (non-hydrogen) atoms. The number of allylic oxidation sites excluding steroid dienone is 4. The van der Waals surface area contributed by atoms with Gasteiger partial charge in [0.25, 0.3) is 0 Å². The predicted octanol–water partition coefficient (Wildman–Crippen LogP) is 4.46. The summed E-state index contributed by atoms with van der Waals surface area (Å²) < 4.78 is 30.9. The van der Waals surface area contributed by atoms with Gasteiger partial charge in [-0.25, -0.2) is 9.37 Å². The molecule has 1 unspecified atom stereocenters. The molecule has 5 aliphatic rings. The van der Waals surface area contributed by atoms with Crippen molar-refractivity contribution in [3.05, 3.63) is 52.3 Å². The molecular weight excluding hydrogens is 543 g/mol. The number of aliphatic hydroxyl groups is 1. The fourth-order valence-corrected chi connectivity index (χ4v) is 8.75. The van der Waals surface area contributed by atoms with E-state index in [1.165, 1.54) is 12.2 Å². The minimum Gasteiger partial charge on any atom is -0.390 e. The van der Waals surface area contributed by atoms with E-state index in [-0.39, 0.29) is 24.5 Å². The summed E-state index contributed by atoms with van der Waals surface area (Å²) in [6.07, 6.45) is 4.09. The van der Waals surface area contributed by atoms with Crippen molar-refractivity contribution in [3.8, 4) is 6.07 Å². The summed E-state index contributed by atoms with van der Waals surface area (Å²) in [4.78, 5) is 30.0. The zero-order valence-corrected chi connectivity index (χ0v) is 22.2. The summed E-state index contributed by atoms with van der Waals surface area (Å²) >= 11 is 3.35. The second-order valence-electron chi connectivity index (χ2n) is 11.5. The zero-order valence-electron chi connectivity index (χ0n) is 20.6. The van der Waals surface area contributed by atoms with E-state index in [2.05, 4.69) is 20.9 Å². The summed E-state index contributed by atoms with van der Waals surface area (Å²) in [6.45, 7) is 3.65. The highest BCUT2D eigenvalue weighted by Gasteiger charge is 2.79. The maximum absolute atomic E-state index is 17.4. The number of pyridine rings is 1. The normalized spacial score (nSPS) is 45.8. The molecule has 0 radical (unpaired) electrons. The number of carbonyl (C=O) groups excluding carboxylic acids is 2. The summed E-state index contributed by atoms with van der Waals surface area (Å²) in [5.74, 6) is -1.48. The molecule has 0 amide bonds. The number of fused-ring (bicyclic) bond motifs is 7. The highest BCUT2D eigenvalue weighted by molar-refractivity contribution is 9.10. The van der Waals surface area contributed by atoms with Crippen LogP contribution in [0.3, 0.4) is 0 Å². The lowest BCUT2D eigenvalue weighted by molar-refractivity contribution is -0.230. The Labute approximate surface area is 222 Å². The van der Waals surface area contributed by atoms with Gasteiger partial charge < -0.3 is 14.6 Å². The molecule has 1 N–H and O–H groups in total. The third kappa shape index (κ3) is 3.04. The summed E-state index contributed by atoms with van der Waals surface area (Å²) in [5, 5.41) is 21.0. The maximum Gasteiger partial charge on any atom is 0.185 e. The van der Waals surface area contributed by atoms with E-state index in [1.54, 1.807) is 31.3 Å². The van der Waals surface area contributed by atoms with E-state index in [1.807, 2.05) is 13.0 Å². The molecule has 3 saturated carbocycles. The first-order valence-electron chi connectivity index (χ1n) is 12.7. The van der Waals surface area contributed by atoms with Gasteiger partial charge in [0.05, 0.1) is 24.7 Å². The van der Waals surface area contributed by atoms with Gasteiger partial charge in [-0.15, -0.1) is 0 Å². The molecule has 9 atom stereocenters. The fourth-order valence-electron chi connectivity index (χ4n) is 8.37. The van der Waals surface area contributed by atoms with Gasteiger partial charge in [-0.05, 0) is 78.7 Å². The van der Waals surface area contributed by atoms with E-state index >= 15 is 4.39 Å². The van der Waals surface area contributed by atoms with Gasteiger partial charge >= 0.3 is 0 Å². The first kappa shape index (κ1) is 25.1. The lowest BCUT2D eigenvalue weighted by atomic mass is 9.44. The predicted molar refractivity (Wildman–Crippen MR) is 132 cm³/mol. The van der Waals surface area contributed by atoms with Crippen molar-refractivity contribution in [2.24, 2.45) is 22.7 Å². The van der Waals surface area contributed by atoms with Crippen LogP contribution in [0.25, 0.3) is 0 Å². The Bertz CT molecular complexity index is 1310. The summed E-state index contributed by atoms with van der Waals surface area (Å²) in [5.41, 5.74) is -4.23. The van der Waals surface area contributed by atoms with Crippen LogP contribution in [0.15, 0.2) is 46.7 Å². The Balaban J connectivity index is 1.44. The molecule has 6 rings (SSSR count). The fraction of sp³-hybridized carbons (Fsp3) is 0.571. The maximum atomic E-state index is 17.4. The molecule has 0 aromatic carbocycles. The SMILES string of the molecule is C[C@]12C=CC(=O)C=C1CC[C@H]1[C@@H]3C[C@H]4OC(c5ccnc(Br)c5)O[C@@]4(C(=O)CC#N)[C@@]3(C)C[C@H](O)[C@@]12F. The first-order valence-corrected chi connectivity index (χ1v) is 13.5. The van der Waals surface area contributed by atoms with E-state index < -0.39 is 52.3 Å². The van der Waals surface area contributed by atoms with E-state index in [0.29, 0.717) is 35.0 Å². The molecule has 7 nitrogen and oxygen atoms in total. The number of rotatable bonds is 3. The van der Waals surface area contributed by atoms with Crippen LogP contribution in [0.1, 0.15) is 57.8 Å². The van der Waals surface area contributed by atoms with Crippen molar-refractivity contribution in [3.63, 3.8) is 0 Å². The van der Waals surface area contributed by atoms with Crippen molar-refractivity contribution in [1.82, 2.24) is 4.98 Å². The van der Waals surface area contributed by atoms with Crippen LogP contribution in [0, 0.1) is 34.0 Å². The second-order valence-corrected chi connectivity index (χ2v) is 12.3. The molecule has 9 heteroatoms. The number of halogens is 2. The van der Waals surface area contributed by atoms with Gasteiger partial charge in [0.2, 0.25) is 0 Å². The van der Waals surface area contributed by atoms with Crippen LogP contribution < -0.4 is 0 Å². The van der Waals surface area contributed by atoms with E-state index in [4.69, 9.17) is 9.47 Å². The van der Waals surface area contributed by atoms with Gasteiger partial charge in [0, 0.05) is 28.5 Å². The molecular formula is C28H28BrFN2O5. The van der Waals surface area contributed by atoms with E-state index in [0.717, 1.165) is 0 Å². The van der Waals surface area contributed by atoms with Gasteiger partial charge in [-0.2, -0.15) is 5.26 Å². The summed E-state index contributed by atoms with van der Waals surface area (Å²) in [6, 6.07) is 5.46. The van der Waals surface area contributed by atoms with Gasteiger partial charge in [-0.1, -0.05) is 18.6 Å². The number of Topliss-reactive ketones (excluding diaryl/α,β-unsaturated/α-hetero) is 1. The molecule has 1 aliphatic heterocycles. The minimum absolute atomic E-state index is 0.0287. The van der Waals surface area contributed by atoms with Crippen molar-refractivity contribution < 1.29 is 28.6 Å². The highest BCUT2D eigenvalue weighted by Crippen LogP contribution is 2.72. The van der Waals surface area contributed by atoms with Gasteiger partial charge in [-0.3, -0.25) is 9.59 Å². The molecule has 2 heterocycles. The molecule has 0 spiro atoms. The topological polar surface area (TPSA) is 110 Å². The van der Waals surface area contributed by atoms with Gasteiger partial charge in [0.1, 0.15) is 4.60 Å². The first-order chi connectivity index (χ1) is 17.5. The number of aliphatic hydroxyl groups excluding tert-OH is 1. The Morgan fingerprint density at radius 3 is 2.89 bits per heavy atom. The Morgan fingerprint density at radius 2 is 2.16 bits per heavy atom. The molecule has 1 aromatic rings. The Hall–Kier alpha value is -2.25. The molecule has 1 saturated heterocycles. The van der Waals surface area contributed by atoms with Crippen molar-refractivity contribution >= 4 is 27.5 Å². The number of carbonyl (C=O) groups is 2. The molecule has 194 valence electrons. The van der Waals surface area contributed by atoms with Crippen LogP contribution >= 0.6 is 15.9 Å². The third-order valence-corrected chi connectivity index (χ3v) is 10.5. The number of nitriles is 1. The van der Waals surface area contributed by atoms with E-state index in [9.17, 15) is 20.0 Å². The molecule has 0 bridgehead atoms. The largest absolute Gasteiger partial charge is 0.390 e. The number of ether oxygens (including phenoxy) is 2. The monoisotopic (exact) mass is 570 g/mol. The highest BCUT2D eigenvalue weighted by atomic mass is 79.9. The van der Waals surface area contributed by atoms with Crippen LogP contribution in [0.4, 0.5) is 4.39 Å². The Kier molecular flexibility index (Phi) is 5.50.